The van der Waals surface area contributed by atoms with E-state index in [9.17, 15) is 9.59 Å². The lowest BCUT2D eigenvalue weighted by Gasteiger charge is -2.24. The minimum Gasteiger partial charge on any atom is -0.370 e. The number of aromatic amines is 1. The number of nitrogens with two attached hydrogens (primary N) is 1. The van der Waals surface area contributed by atoms with Crippen molar-refractivity contribution in [2.45, 2.75) is 25.8 Å². The topological polar surface area (TPSA) is 88.0 Å². The lowest BCUT2D eigenvalue weighted by molar-refractivity contribution is -0.119. The quantitative estimate of drug-likeness (QED) is 0.777. The number of nitrogens with one attached hydrogen (secondary N) is 2. The summed E-state index contributed by atoms with van der Waals surface area (Å²) >= 11 is 0. The van der Waals surface area contributed by atoms with E-state index >= 15 is 0 Å². The largest absolute Gasteiger partial charge is 0.370 e. The molecule has 0 saturated heterocycles. The third-order valence-electron chi connectivity index (χ3n) is 2.90. The highest BCUT2D eigenvalue weighted by Gasteiger charge is 2.24. The third kappa shape index (κ3) is 2.93. The summed E-state index contributed by atoms with van der Waals surface area (Å²) in [5, 5.41) is 3.80. The minimum atomic E-state index is -0.669. The van der Waals surface area contributed by atoms with E-state index in [1.807, 2.05) is 18.2 Å². The fourth-order valence-corrected chi connectivity index (χ4v) is 2.13. The zero-order valence-electron chi connectivity index (χ0n) is 11.0. The summed E-state index contributed by atoms with van der Waals surface area (Å²) in [7, 11) is 0. The average molecular weight is 259 g/mol. The Morgan fingerprint density at radius 1 is 1.32 bits per heavy atom. The van der Waals surface area contributed by atoms with Gasteiger partial charge in [-0.1, -0.05) is 12.1 Å². The molecule has 0 unspecified atom stereocenters. The van der Waals surface area contributed by atoms with Crippen LogP contribution in [0.5, 0.6) is 0 Å². The van der Waals surface area contributed by atoms with Crippen molar-refractivity contribution in [3.05, 3.63) is 36.0 Å². The van der Waals surface area contributed by atoms with Crippen LogP contribution in [-0.4, -0.2) is 22.3 Å². The van der Waals surface area contributed by atoms with Crippen molar-refractivity contribution in [2.24, 2.45) is 5.73 Å². The van der Waals surface area contributed by atoms with Gasteiger partial charge in [0.2, 0.25) is 5.91 Å². The second-order valence-electron chi connectivity index (χ2n) is 5.23. The molecule has 0 radical (unpaired) electrons. The van der Waals surface area contributed by atoms with Crippen LogP contribution in [0.3, 0.4) is 0 Å². The van der Waals surface area contributed by atoms with Gasteiger partial charge in [0.25, 0.3) is 5.91 Å². The molecule has 0 atom stereocenters. The number of hydrogen-bond donors (Lipinski definition) is 3. The Hall–Kier alpha value is -2.30. The Morgan fingerprint density at radius 3 is 2.74 bits per heavy atom. The Labute approximate surface area is 111 Å². The van der Waals surface area contributed by atoms with Gasteiger partial charge in [-0.3, -0.25) is 9.59 Å². The van der Waals surface area contributed by atoms with Crippen molar-refractivity contribution < 1.29 is 9.59 Å². The maximum atomic E-state index is 12.3. The molecule has 19 heavy (non-hydrogen) atoms. The molecule has 0 aliphatic carbocycles. The smallest absolute Gasteiger partial charge is 0.253 e. The highest BCUT2D eigenvalue weighted by Crippen LogP contribution is 2.18. The van der Waals surface area contributed by atoms with Gasteiger partial charge >= 0.3 is 0 Å². The van der Waals surface area contributed by atoms with Crippen LogP contribution in [-0.2, 0) is 4.79 Å². The van der Waals surface area contributed by atoms with Gasteiger partial charge < -0.3 is 16.0 Å². The van der Waals surface area contributed by atoms with E-state index in [1.54, 1.807) is 26.1 Å². The molecule has 1 aromatic heterocycles. The molecule has 4 N–H and O–H groups in total. The number of carbonyl (C=O) groups is 2. The van der Waals surface area contributed by atoms with Crippen molar-refractivity contribution in [2.75, 3.05) is 0 Å². The van der Waals surface area contributed by atoms with Gasteiger partial charge in [0.1, 0.15) is 0 Å². The fourth-order valence-electron chi connectivity index (χ4n) is 2.13. The van der Waals surface area contributed by atoms with E-state index in [1.165, 1.54) is 0 Å². The van der Waals surface area contributed by atoms with Gasteiger partial charge in [-0.05, 0) is 26.0 Å². The van der Waals surface area contributed by atoms with Crippen molar-refractivity contribution >= 4 is 22.7 Å². The first-order chi connectivity index (χ1) is 8.89. The predicted octanol–water partition coefficient (Wildman–Crippen LogP) is 1.55. The van der Waals surface area contributed by atoms with E-state index in [0.29, 0.717) is 5.56 Å². The van der Waals surface area contributed by atoms with Crippen LogP contribution in [0.25, 0.3) is 10.9 Å². The van der Waals surface area contributed by atoms with Crippen LogP contribution >= 0.6 is 0 Å². The van der Waals surface area contributed by atoms with Crippen LogP contribution in [0.2, 0.25) is 0 Å². The van der Waals surface area contributed by atoms with E-state index in [-0.39, 0.29) is 12.3 Å². The molecular formula is C14H17N3O2. The number of rotatable bonds is 4. The van der Waals surface area contributed by atoms with Crippen LogP contribution < -0.4 is 11.1 Å². The van der Waals surface area contributed by atoms with Gasteiger partial charge in [-0.2, -0.15) is 0 Å². The highest BCUT2D eigenvalue weighted by atomic mass is 16.2. The molecule has 0 bridgehead atoms. The fraction of sp³-hybridized carbons (Fsp3) is 0.286. The molecule has 100 valence electrons. The molecule has 2 rings (SSSR count). The summed E-state index contributed by atoms with van der Waals surface area (Å²) in [5.74, 6) is -0.664. The summed E-state index contributed by atoms with van der Waals surface area (Å²) < 4.78 is 0. The number of H-pyrrole nitrogens is 1. The lowest BCUT2D eigenvalue weighted by Crippen LogP contribution is -2.46. The molecule has 0 aliphatic heterocycles. The number of primary amides is 1. The summed E-state index contributed by atoms with van der Waals surface area (Å²) in [6.45, 7) is 3.54. The van der Waals surface area contributed by atoms with Gasteiger partial charge in [0, 0.05) is 23.5 Å². The Morgan fingerprint density at radius 2 is 2.05 bits per heavy atom. The van der Waals surface area contributed by atoms with Gasteiger partial charge in [-0.25, -0.2) is 0 Å². The van der Waals surface area contributed by atoms with Crippen molar-refractivity contribution in [1.82, 2.24) is 10.3 Å². The number of benzene rings is 1. The van der Waals surface area contributed by atoms with Gasteiger partial charge in [-0.15, -0.1) is 0 Å². The Bertz CT molecular complexity index is 628. The van der Waals surface area contributed by atoms with E-state index in [0.717, 1.165) is 10.9 Å². The second-order valence-corrected chi connectivity index (χ2v) is 5.23. The predicted molar refractivity (Wildman–Crippen MR) is 73.7 cm³/mol. The molecule has 0 fully saturated rings. The number of aromatic nitrogens is 1. The van der Waals surface area contributed by atoms with E-state index in [2.05, 4.69) is 10.3 Å². The first kappa shape index (κ1) is 13.1. The van der Waals surface area contributed by atoms with Crippen molar-refractivity contribution in [3.63, 3.8) is 0 Å². The number of amides is 2. The van der Waals surface area contributed by atoms with E-state index < -0.39 is 11.4 Å². The van der Waals surface area contributed by atoms with Crippen LogP contribution in [0.15, 0.2) is 30.5 Å². The van der Waals surface area contributed by atoms with E-state index in [4.69, 9.17) is 5.73 Å². The summed E-state index contributed by atoms with van der Waals surface area (Å²) in [6, 6.07) is 7.40. The number of carbonyl (C=O) groups excluding carboxylic acids is 2. The van der Waals surface area contributed by atoms with Gasteiger partial charge in [0.05, 0.1) is 11.1 Å². The third-order valence-corrected chi connectivity index (χ3v) is 2.90. The normalized spacial score (nSPS) is 11.5. The second kappa shape index (κ2) is 4.76. The SMILES string of the molecule is CC(C)(CC(N)=O)NC(=O)c1cccc2cc[nH]c12. The van der Waals surface area contributed by atoms with Crippen LogP contribution in [0, 0.1) is 0 Å². The highest BCUT2D eigenvalue weighted by molar-refractivity contribution is 6.06. The first-order valence-corrected chi connectivity index (χ1v) is 6.06. The molecule has 5 nitrogen and oxygen atoms in total. The molecule has 0 spiro atoms. The molecule has 0 saturated carbocycles. The standard InChI is InChI=1S/C14H17N3O2/c1-14(2,8-11(15)18)17-13(19)10-5-3-4-9-6-7-16-12(9)10/h3-7,16H,8H2,1-2H3,(H2,15,18)(H,17,19). The van der Waals surface area contributed by atoms with Crippen molar-refractivity contribution in [3.8, 4) is 0 Å². The zero-order chi connectivity index (χ0) is 14.0. The Balaban J connectivity index is 2.25. The average Bonchev–Trinajstić information content (AvgIpc) is 2.73. The number of hydrogen-bond acceptors (Lipinski definition) is 2. The number of para-hydroxylation sites is 1. The number of fused-ring (bicyclic) bond motifs is 1. The monoisotopic (exact) mass is 259 g/mol. The summed E-state index contributed by atoms with van der Waals surface area (Å²) in [4.78, 5) is 26.3. The van der Waals surface area contributed by atoms with Gasteiger partial charge in [0.15, 0.2) is 0 Å². The first-order valence-electron chi connectivity index (χ1n) is 6.06. The summed E-state index contributed by atoms with van der Waals surface area (Å²) in [6.07, 6.45) is 1.88. The molecule has 0 aliphatic rings. The maximum absolute atomic E-state index is 12.3. The Kier molecular flexibility index (Phi) is 3.29. The van der Waals surface area contributed by atoms with Crippen LogP contribution in [0.1, 0.15) is 30.6 Å². The molecule has 1 aromatic carbocycles. The van der Waals surface area contributed by atoms with Crippen LogP contribution in [0.4, 0.5) is 0 Å². The molecule has 1 heterocycles. The summed E-state index contributed by atoms with van der Waals surface area (Å²) in [5.41, 5.74) is 5.84. The molecule has 2 aromatic rings. The minimum absolute atomic E-state index is 0.0967. The lowest BCUT2D eigenvalue weighted by atomic mass is 9.99. The zero-order valence-corrected chi connectivity index (χ0v) is 11.0. The molecule has 5 heteroatoms. The molecule has 2 amide bonds. The van der Waals surface area contributed by atoms with Crippen molar-refractivity contribution in [1.29, 1.82) is 0 Å². The molecular weight excluding hydrogens is 242 g/mol. The maximum Gasteiger partial charge on any atom is 0.253 e.